The van der Waals surface area contributed by atoms with Crippen molar-refractivity contribution in [1.82, 2.24) is 5.32 Å². The fraction of sp³-hybridized carbons (Fsp3) is 0.333. The first-order valence-electron chi connectivity index (χ1n) is 5.35. The Morgan fingerprint density at radius 3 is 2.82 bits per heavy atom. The Morgan fingerprint density at radius 1 is 1.53 bits per heavy atom. The van der Waals surface area contributed by atoms with Gasteiger partial charge in [0.25, 0.3) is 0 Å². The molecule has 0 unspecified atom stereocenters. The summed E-state index contributed by atoms with van der Waals surface area (Å²) in [6, 6.07) is 7.83. The zero-order valence-electron chi connectivity index (χ0n) is 9.99. The Bertz CT molecular complexity index is 416. The molecule has 0 heterocycles. The lowest BCUT2D eigenvalue weighted by atomic mass is 10.0. The van der Waals surface area contributed by atoms with Gasteiger partial charge in [-0.1, -0.05) is 38.1 Å². The van der Waals surface area contributed by atoms with E-state index < -0.39 is 12.1 Å². The summed E-state index contributed by atoms with van der Waals surface area (Å²) in [7, 11) is 0. The zero-order valence-corrected chi connectivity index (χ0v) is 9.99. The van der Waals surface area contributed by atoms with Gasteiger partial charge in [-0.05, 0) is 17.0 Å². The molecule has 0 fully saturated rings. The predicted octanol–water partition coefficient (Wildman–Crippen LogP) is 1.93. The third kappa shape index (κ3) is 4.55. The van der Waals surface area contributed by atoms with Crippen LogP contribution in [0.1, 0.15) is 30.9 Å². The minimum atomic E-state index is -0.715. The van der Waals surface area contributed by atoms with Gasteiger partial charge in [0.05, 0.1) is 0 Å². The van der Waals surface area contributed by atoms with Crippen LogP contribution in [0.2, 0.25) is 0 Å². The molecule has 5 heteroatoms. The molecule has 0 saturated heterocycles. The summed E-state index contributed by atoms with van der Waals surface area (Å²) in [6.45, 7) is 4.37. The number of hydrogen-bond donors (Lipinski definition) is 3. The molecule has 17 heavy (non-hydrogen) atoms. The molecule has 0 aliphatic rings. The summed E-state index contributed by atoms with van der Waals surface area (Å²) < 4.78 is 4.90. The maximum Gasteiger partial charge on any atom is 0.414 e. The maximum atomic E-state index is 11.1. The van der Waals surface area contributed by atoms with Crippen molar-refractivity contribution in [2.45, 2.75) is 26.4 Å². The Labute approximate surface area is 100 Å². The third-order valence-electron chi connectivity index (χ3n) is 2.22. The van der Waals surface area contributed by atoms with E-state index in [0.717, 1.165) is 5.56 Å². The highest BCUT2D eigenvalue weighted by Crippen LogP contribution is 2.15. The topological polar surface area (TPSA) is 88.2 Å². The molecule has 1 rings (SSSR count). The molecule has 5 nitrogen and oxygen atoms in total. The fourth-order valence-electron chi connectivity index (χ4n) is 1.34. The molecular formula is C12H17N3O2. The van der Waals surface area contributed by atoms with Crippen LogP contribution in [0.15, 0.2) is 24.3 Å². The van der Waals surface area contributed by atoms with Crippen molar-refractivity contribution in [3.05, 3.63) is 35.4 Å². The lowest BCUT2D eigenvalue weighted by molar-refractivity contribution is 0.145. The van der Waals surface area contributed by atoms with Crippen molar-refractivity contribution in [3.63, 3.8) is 0 Å². The summed E-state index contributed by atoms with van der Waals surface area (Å²) in [5.74, 6) is 0.00641. The fourth-order valence-corrected chi connectivity index (χ4v) is 1.34. The molecule has 0 aliphatic heterocycles. The summed E-state index contributed by atoms with van der Waals surface area (Å²) in [6.07, 6.45) is -0.715. The highest BCUT2D eigenvalue weighted by atomic mass is 16.5. The number of carbonyl (C=O) groups is 1. The highest BCUT2D eigenvalue weighted by Gasteiger charge is 2.04. The molecule has 0 aliphatic carbocycles. The number of hydrogen-bond acceptors (Lipinski definition) is 3. The molecule has 0 saturated carbocycles. The molecule has 0 bridgehead atoms. The number of nitrogens with two attached hydrogens (primary N) is 1. The summed E-state index contributed by atoms with van der Waals surface area (Å²) in [4.78, 5) is 11.1. The third-order valence-corrected chi connectivity index (χ3v) is 2.22. The number of amides is 1. The molecule has 92 valence electrons. The van der Waals surface area contributed by atoms with Crippen LogP contribution in [0.3, 0.4) is 0 Å². The van der Waals surface area contributed by atoms with Gasteiger partial charge in [0.1, 0.15) is 6.61 Å². The number of benzene rings is 1. The van der Waals surface area contributed by atoms with E-state index in [0.29, 0.717) is 5.92 Å². The molecule has 1 aromatic rings. The van der Waals surface area contributed by atoms with Crippen LogP contribution in [0.25, 0.3) is 0 Å². The second kappa shape index (κ2) is 5.89. The standard InChI is InChI=1S/C12H17N3O2/c1-8(2)10-5-3-4-9(6-10)7-17-12(16)15-11(13)14/h3-6,8H,7H2,1-2H3,(H4,13,14,15,16). The Kier molecular flexibility index (Phi) is 4.51. The van der Waals surface area contributed by atoms with Crippen molar-refractivity contribution in [2.75, 3.05) is 0 Å². The Balaban J connectivity index is 2.54. The molecule has 1 aromatic carbocycles. The van der Waals surface area contributed by atoms with E-state index in [1.165, 1.54) is 5.56 Å². The number of alkyl carbamates (subject to hydrolysis) is 1. The van der Waals surface area contributed by atoms with E-state index >= 15 is 0 Å². The average Bonchev–Trinajstić information content (AvgIpc) is 2.26. The van der Waals surface area contributed by atoms with Gasteiger partial charge in [0, 0.05) is 0 Å². The van der Waals surface area contributed by atoms with E-state index in [1.807, 2.05) is 24.3 Å². The molecule has 1 amide bonds. The molecule has 0 radical (unpaired) electrons. The van der Waals surface area contributed by atoms with Crippen molar-refractivity contribution < 1.29 is 9.53 Å². The molecule has 0 aromatic heterocycles. The summed E-state index contributed by atoms with van der Waals surface area (Å²) >= 11 is 0. The van der Waals surface area contributed by atoms with Crippen LogP contribution in [-0.4, -0.2) is 12.1 Å². The smallest absolute Gasteiger partial charge is 0.414 e. The molecule has 0 spiro atoms. The van der Waals surface area contributed by atoms with E-state index in [9.17, 15) is 4.79 Å². The first-order chi connectivity index (χ1) is 7.99. The van der Waals surface area contributed by atoms with E-state index in [2.05, 4.69) is 19.2 Å². The van der Waals surface area contributed by atoms with Gasteiger partial charge in [0.2, 0.25) is 0 Å². The van der Waals surface area contributed by atoms with Gasteiger partial charge in [-0.15, -0.1) is 0 Å². The van der Waals surface area contributed by atoms with E-state index in [-0.39, 0.29) is 6.61 Å². The lowest BCUT2D eigenvalue weighted by Crippen LogP contribution is -2.35. The summed E-state index contributed by atoms with van der Waals surface area (Å²) in [5.41, 5.74) is 7.10. The van der Waals surface area contributed by atoms with Crippen LogP contribution < -0.4 is 11.1 Å². The van der Waals surface area contributed by atoms with Crippen LogP contribution in [0.5, 0.6) is 0 Å². The summed E-state index contributed by atoms with van der Waals surface area (Å²) in [5, 5.41) is 8.91. The normalized spacial score (nSPS) is 10.1. The minimum absolute atomic E-state index is 0.166. The first kappa shape index (κ1) is 13.0. The SMILES string of the molecule is CC(C)c1cccc(COC(=O)NC(=N)N)c1. The highest BCUT2D eigenvalue weighted by molar-refractivity contribution is 5.90. The van der Waals surface area contributed by atoms with Gasteiger partial charge in [-0.2, -0.15) is 0 Å². The number of carbonyl (C=O) groups excluding carboxylic acids is 1. The Morgan fingerprint density at radius 2 is 2.24 bits per heavy atom. The second-order valence-corrected chi connectivity index (χ2v) is 4.01. The minimum Gasteiger partial charge on any atom is -0.444 e. The van der Waals surface area contributed by atoms with Crippen LogP contribution >= 0.6 is 0 Å². The van der Waals surface area contributed by atoms with Gasteiger partial charge in [0.15, 0.2) is 5.96 Å². The number of guanidine groups is 1. The largest absolute Gasteiger partial charge is 0.444 e. The van der Waals surface area contributed by atoms with Crippen molar-refractivity contribution in [2.24, 2.45) is 5.73 Å². The van der Waals surface area contributed by atoms with Crippen molar-refractivity contribution in [3.8, 4) is 0 Å². The van der Waals surface area contributed by atoms with E-state index in [4.69, 9.17) is 15.9 Å². The van der Waals surface area contributed by atoms with Crippen LogP contribution in [-0.2, 0) is 11.3 Å². The zero-order chi connectivity index (χ0) is 12.8. The number of nitrogens with one attached hydrogen (secondary N) is 2. The Hall–Kier alpha value is -2.04. The number of ether oxygens (including phenoxy) is 1. The van der Waals surface area contributed by atoms with Crippen molar-refractivity contribution in [1.29, 1.82) is 5.41 Å². The second-order valence-electron chi connectivity index (χ2n) is 4.01. The average molecular weight is 235 g/mol. The van der Waals surface area contributed by atoms with Crippen LogP contribution in [0, 0.1) is 5.41 Å². The molecule has 4 N–H and O–H groups in total. The predicted molar refractivity (Wildman–Crippen MR) is 65.8 cm³/mol. The monoisotopic (exact) mass is 235 g/mol. The van der Waals surface area contributed by atoms with Gasteiger partial charge >= 0.3 is 6.09 Å². The van der Waals surface area contributed by atoms with E-state index in [1.54, 1.807) is 0 Å². The van der Waals surface area contributed by atoms with Crippen LogP contribution in [0.4, 0.5) is 4.79 Å². The van der Waals surface area contributed by atoms with Gasteiger partial charge in [-0.3, -0.25) is 10.7 Å². The van der Waals surface area contributed by atoms with Gasteiger partial charge in [-0.25, -0.2) is 4.79 Å². The molecule has 0 atom stereocenters. The van der Waals surface area contributed by atoms with Crippen molar-refractivity contribution >= 4 is 12.1 Å². The maximum absolute atomic E-state index is 11.1. The quantitative estimate of drug-likeness (QED) is 0.552. The first-order valence-corrected chi connectivity index (χ1v) is 5.35. The molecular weight excluding hydrogens is 218 g/mol. The number of rotatable bonds is 3. The van der Waals surface area contributed by atoms with Gasteiger partial charge < -0.3 is 10.5 Å². The lowest BCUT2D eigenvalue weighted by Gasteiger charge is -2.09.